The molecule has 16 heteroatoms. The molecule has 0 aliphatic heterocycles. The minimum atomic E-state index is 0.616. The summed E-state index contributed by atoms with van der Waals surface area (Å²) in [7, 11) is 0. The van der Waals surface area contributed by atoms with Crippen LogP contribution in [0.4, 0.5) is 0 Å². The van der Waals surface area contributed by atoms with Crippen molar-refractivity contribution in [2.75, 3.05) is 0 Å². The maximum Gasteiger partial charge on any atom is 0.164 e. The minimum Gasteiger partial charge on any atom is -0.241 e. The number of fused-ring (bicyclic) bond motifs is 8. The molecule has 8 heterocycles. The van der Waals surface area contributed by atoms with Gasteiger partial charge in [-0.05, 0) is 121 Å². The number of nitrogens with zero attached hydrogens (tertiary/aromatic N) is 14. The highest BCUT2D eigenvalue weighted by Crippen LogP contribution is 2.42. The van der Waals surface area contributed by atoms with Gasteiger partial charge in [0.15, 0.2) is 34.9 Å². The van der Waals surface area contributed by atoms with E-state index in [2.05, 4.69) is 275 Å². The van der Waals surface area contributed by atoms with Gasteiger partial charge in [0.1, 0.15) is 38.2 Å². The van der Waals surface area contributed by atoms with Crippen LogP contribution in [0.15, 0.2) is 376 Å². The van der Waals surface area contributed by atoms with Gasteiger partial charge in [0, 0.05) is 55.3 Å². The first kappa shape index (κ1) is 70.3. The maximum atomic E-state index is 5.04. The fraction of sp³-hybridized carbons (Fsp3) is 0. The van der Waals surface area contributed by atoms with Crippen molar-refractivity contribution in [2.24, 2.45) is 0 Å². The van der Waals surface area contributed by atoms with Crippen LogP contribution in [0.5, 0.6) is 0 Å². The molecule has 0 aliphatic rings. The molecule has 0 bridgehead atoms. The average Bonchev–Trinajstić information content (AvgIpc) is 1.61. The second-order valence-electron chi connectivity index (χ2n) is 28.5. The Balaban J connectivity index is 0.000000147. The van der Waals surface area contributed by atoms with Gasteiger partial charge in [0.2, 0.25) is 0 Å². The third kappa shape index (κ3) is 14.0. The smallest absolute Gasteiger partial charge is 0.164 e. The van der Waals surface area contributed by atoms with E-state index in [1.807, 2.05) is 115 Å². The minimum absolute atomic E-state index is 0.616. The van der Waals surface area contributed by atoms with E-state index in [9.17, 15) is 0 Å². The topological polar surface area (TPSA) is 180 Å². The molecule has 118 heavy (non-hydrogen) atoms. The summed E-state index contributed by atoms with van der Waals surface area (Å²) in [5.74, 6) is 3.74. The van der Waals surface area contributed by atoms with Crippen LogP contribution in [0, 0.1) is 0 Å². The molecule has 0 amide bonds. The molecule has 0 saturated heterocycles. The van der Waals surface area contributed by atoms with Gasteiger partial charge < -0.3 is 0 Å². The van der Waals surface area contributed by atoms with Crippen molar-refractivity contribution in [1.82, 2.24) is 70.2 Å². The number of para-hydroxylation sites is 3. The van der Waals surface area contributed by atoms with Crippen LogP contribution in [0.2, 0.25) is 0 Å². The summed E-state index contributed by atoms with van der Waals surface area (Å²) in [6.07, 6.45) is 1.62. The Labute approximate surface area is 685 Å². The number of aromatic nitrogens is 14. The summed E-state index contributed by atoms with van der Waals surface area (Å²) in [5.41, 5.74) is 27.7. The second-order valence-corrected chi connectivity index (χ2v) is 30.5. The Morgan fingerprint density at radius 2 is 0.500 bits per heavy atom. The predicted molar refractivity (Wildman–Crippen MR) is 479 cm³/mol. The Kier molecular flexibility index (Phi) is 18.3. The molecular formula is C102H62N14S2. The predicted octanol–water partition coefficient (Wildman–Crippen LogP) is 25.3. The van der Waals surface area contributed by atoms with E-state index in [1.54, 1.807) is 29.0 Å². The molecule has 0 spiro atoms. The quantitative estimate of drug-likeness (QED) is 0.100. The molecule has 14 aromatic carbocycles. The third-order valence-electron chi connectivity index (χ3n) is 21.1. The number of pyridine rings is 1. The highest BCUT2D eigenvalue weighted by molar-refractivity contribution is 7.26. The van der Waals surface area contributed by atoms with Crippen LogP contribution in [0.1, 0.15) is 0 Å². The molecule has 22 rings (SSSR count). The monoisotopic (exact) mass is 1550 g/mol. The zero-order valence-corrected chi connectivity index (χ0v) is 64.5. The summed E-state index contributed by atoms with van der Waals surface area (Å²) in [4.78, 5) is 55.8. The van der Waals surface area contributed by atoms with E-state index in [0.29, 0.717) is 34.9 Å². The van der Waals surface area contributed by atoms with E-state index in [1.165, 1.54) is 11.1 Å². The van der Waals surface area contributed by atoms with Crippen molar-refractivity contribution in [2.45, 2.75) is 0 Å². The van der Waals surface area contributed by atoms with E-state index < -0.39 is 0 Å². The fourth-order valence-electron chi connectivity index (χ4n) is 15.0. The Bertz CT molecular complexity index is 7080. The van der Waals surface area contributed by atoms with Gasteiger partial charge >= 0.3 is 0 Å². The normalized spacial score (nSPS) is 11.4. The standard InChI is InChI=1S/2C51H31N7S/c1-3-11-32(12-4-1)33-23-27-37(28-24-33)49-56-48(36-13-5-2-6-14-36)57-50(58-49)41-18-10-17-40(30-41)39-16-9-15-38(29-39)34-21-25-35(26-22-34)44-47-45(53-31-52-44)46-51(59-47)55-43-20-8-7-19-42(43)54-46;1-3-11-32(12-4-1)33-23-27-37(28-24-33)49-53-48(36-13-5-2-6-14-36)54-50(55-49)42-19-10-18-40(30-42)39-17-9-16-38(29-39)34-21-25-35(26-22-34)45-47-46(57-58-56-45)43-31-41-15-7-8-20-44(41)52-51(43)59-47/h2*1-31H. The number of rotatable bonds is 14. The van der Waals surface area contributed by atoms with Gasteiger partial charge in [-0.15, -0.1) is 32.9 Å². The van der Waals surface area contributed by atoms with Crippen molar-refractivity contribution >= 4 is 85.6 Å². The van der Waals surface area contributed by atoms with Gasteiger partial charge in [0.25, 0.3) is 0 Å². The van der Waals surface area contributed by atoms with Crippen molar-refractivity contribution in [3.63, 3.8) is 0 Å². The van der Waals surface area contributed by atoms with Gasteiger partial charge in [-0.3, -0.25) is 0 Å². The summed E-state index contributed by atoms with van der Waals surface area (Å²) in [6, 6.07) is 127. The first-order valence-electron chi connectivity index (χ1n) is 38.6. The molecule has 8 aromatic heterocycles. The zero-order valence-electron chi connectivity index (χ0n) is 62.9. The number of hydrogen-bond donors (Lipinski definition) is 0. The Morgan fingerprint density at radius 1 is 0.186 bits per heavy atom. The first-order chi connectivity index (χ1) is 58.4. The lowest BCUT2D eigenvalue weighted by Crippen LogP contribution is -2.00. The highest BCUT2D eigenvalue weighted by atomic mass is 32.1. The van der Waals surface area contributed by atoms with Crippen LogP contribution in [-0.4, -0.2) is 70.2 Å². The summed E-state index contributed by atoms with van der Waals surface area (Å²) < 4.78 is 1.96. The lowest BCUT2D eigenvalue weighted by Gasteiger charge is -2.11. The van der Waals surface area contributed by atoms with Crippen molar-refractivity contribution in [1.29, 1.82) is 0 Å². The lowest BCUT2D eigenvalue weighted by molar-refractivity contribution is 0.904. The van der Waals surface area contributed by atoms with Gasteiger partial charge in [-0.25, -0.2) is 54.8 Å². The van der Waals surface area contributed by atoms with Crippen molar-refractivity contribution in [3.05, 3.63) is 376 Å². The molecule has 0 aliphatic carbocycles. The van der Waals surface area contributed by atoms with Crippen LogP contribution in [-0.2, 0) is 0 Å². The van der Waals surface area contributed by atoms with Gasteiger partial charge in [-0.2, -0.15) is 0 Å². The van der Waals surface area contributed by atoms with Gasteiger partial charge in [-0.1, -0.05) is 322 Å². The number of hydrogen-bond acceptors (Lipinski definition) is 16. The van der Waals surface area contributed by atoms with E-state index in [4.69, 9.17) is 49.8 Å². The molecule has 22 aromatic rings. The summed E-state index contributed by atoms with van der Waals surface area (Å²) >= 11 is 3.19. The maximum absolute atomic E-state index is 5.04. The van der Waals surface area contributed by atoms with Crippen molar-refractivity contribution in [3.8, 4) is 158 Å². The lowest BCUT2D eigenvalue weighted by atomic mass is 9.97. The molecule has 552 valence electrons. The first-order valence-corrected chi connectivity index (χ1v) is 40.2. The van der Waals surface area contributed by atoms with Crippen LogP contribution >= 0.6 is 22.7 Å². The van der Waals surface area contributed by atoms with E-state index >= 15 is 0 Å². The van der Waals surface area contributed by atoms with Crippen molar-refractivity contribution < 1.29 is 0 Å². The molecule has 0 saturated carbocycles. The largest absolute Gasteiger partial charge is 0.241 e. The summed E-state index contributed by atoms with van der Waals surface area (Å²) in [6.45, 7) is 0. The molecule has 0 fully saturated rings. The molecule has 0 radical (unpaired) electrons. The highest BCUT2D eigenvalue weighted by Gasteiger charge is 2.21. The fourth-order valence-corrected chi connectivity index (χ4v) is 17.2. The molecule has 0 atom stereocenters. The molecular weight excluding hydrogens is 1490 g/mol. The van der Waals surface area contributed by atoms with E-state index in [0.717, 1.165) is 174 Å². The Hall–Kier alpha value is -15.6. The zero-order chi connectivity index (χ0) is 78.2. The number of thiophene rings is 2. The van der Waals surface area contributed by atoms with Crippen LogP contribution < -0.4 is 0 Å². The molecule has 0 N–H and O–H groups in total. The molecule has 14 nitrogen and oxygen atoms in total. The van der Waals surface area contributed by atoms with E-state index in [-0.39, 0.29) is 0 Å². The van der Waals surface area contributed by atoms with Crippen LogP contribution in [0.25, 0.3) is 221 Å². The third-order valence-corrected chi connectivity index (χ3v) is 23.2. The number of benzene rings is 14. The average molecular weight is 1550 g/mol. The Morgan fingerprint density at radius 3 is 0.975 bits per heavy atom. The molecule has 0 unspecified atom stereocenters. The summed E-state index contributed by atoms with van der Waals surface area (Å²) in [5, 5.41) is 15.2. The SMILES string of the molecule is c1ccc(-c2ccc(-c3nc(-c4ccccc4)nc(-c4cccc(-c5cccc(-c6ccc(-c7ncnc8c7sc7nc9ccccc9nc78)cc6)c5)c4)n3)cc2)cc1.c1ccc(-c2ccc(-c3nc(-c4ccccc4)nc(-c4cccc(-c5cccc(-c6ccc(-c7nnnc8c7sc7nc9ccccc9cc78)cc6)c5)c4)n3)cc2)cc1. The van der Waals surface area contributed by atoms with Crippen LogP contribution in [0.3, 0.4) is 0 Å². The second kappa shape index (κ2) is 30.7. The van der Waals surface area contributed by atoms with Gasteiger partial charge in [0.05, 0.1) is 31.6 Å².